The molecule has 0 bridgehead atoms. The van der Waals surface area contributed by atoms with Gasteiger partial charge >= 0.3 is 0 Å². The lowest BCUT2D eigenvalue weighted by Gasteiger charge is -2.27. The fourth-order valence-corrected chi connectivity index (χ4v) is 1.67. The smallest absolute Gasteiger partial charge is 0.219 e. The second-order valence-corrected chi connectivity index (χ2v) is 4.10. The average Bonchev–Trinajstić information content (AvgIpc) is 2.43. The Balaban J connectivity index is 1.93. The zero-order valence-corrected chi connectivity index (χ0v) is 10.2. The summed E-state index contributed by atoms with van der Waals surface area (Å²) in [4.78, 5) is 0. The normalized spacial score (nSPS) is 26.7. The van der Waals surface area contributed by atoms with Crippen molar-refractivity contribution in [2.24, 2.45) is 0 Å². The second-order valence-electron chi connectivity index (χ2n) is 4.10. The molecule has 3 atom stereocenters. The number of aliphatic hydroxyl groups excluding tert-OH is 2. The Hall–Kier alpha value is -1.82. The van der Waals surface area contributed by atoms with Gasteiger partial charge in [-0.1, -0.05) is 24.3 Å². The van der Waals surface area contributed by atoms with E-state index in [0.717, 1.165) is 0 Å². The summed E-state index contributed by atoms with van der Waals surface area (Å²) in [5.41, 5.74) is 0.626. The van der Waals surface area contributed by atoms with Crippen molar-refractivity contribution in [1.82, 2.24) is 0 Å². The number of benzene rings is 1. The molecule has 3 N–H and O–H groups in total. The molecule has 0 amide bonds. The van der Waals surface area contributed by atoms with Crippen molar-refractivity contribution in [3.63, 3.8) is 0 Å². The molecule has 0 aromatic heterocycles. The van der Waals surface area contributed by atoms with Crippen molar-refractivity contribution >= 4 is 6.08 Å². The fourth-order valence-electron chi connectivity index (χ4n) is 1.67. The number of hydrogen-bond donors (Lipinski definition) is 3. The minimum absolute atomic E-state index is 0.158. The number of rotatable bonds is 4. The Bertz CT molecular complexity index is 469. The number of phenols is 1. The van der Waals surface area contributed by atoms with Crippen LogP contribution in [0.25, 0.3) is 6.08 Å². The Kier molecular flexibility index (Phi) is 4.57. The van der Waals surface area contributed by atoms with Crippen LogP contribution < -0.4 is 0 Å². The third-order valence-electron chi connectivity index (χ3n) is 2.73. The summed E-state index contributed by atoms with van der Waals surface area (Å²) >= 11 is 0. The molecule has 1 heterocycles. The molecular weight excluding hydrogens is 248 g/mol. The van der Waals surface area contributed by atoms with Crippen molar-refractivity contribution in [2.45, 2.75) is 18.5 Å². The maximum Gasteiger partial charge on any atom is 0.219 e. The number of aromatic hydroxyl groups is 1. The first-order chi connectivity index (χ1) is 9.20. The van der Waals surface area contributed by atoms with Crippen molar-refractivity contribution in [1.29, 1.82) is 0 Å². The van der Waals surface area contributed by atoms with E-state index in [0.29, 0.717) is 5.56 Å². The molecule has 0 saturated carbocycles. The molecule has 0 saturated heterocycles. The van der Waals surface area contributed by atoms with E-state index in [2.05, 4.69) is 0 Å². The van der Waals surface area contributed by atoms with Gasteiger partial charge in [-0.25, -0.2) is 0 Å². The van der Waals surface area contributed by atoms with Gasteiger partial charge in [-0.3, -0.25) is 0 Å². The minimum atomic E-state index is -0.827. The van der Waals surface area contributed by atoms with Crippen LogP contribution in [0, 0.1) is 0 Å². The Morgan fingerprint density at radius 2 is 2.05 bits per heavy atom. The Morgan fingerprint density at radius 3 is 2.79 bits per heavy atom. The lowest BCUT2D eigenvalue weighted by molar-refractivity contribution is -0.157. The van der Waals surface area contributed by atoms with Crippen molar-refractivity contribution in [3.05, 3.63) is 48.2 Å². The van der Waals surface area contributed by atoms with Gasteiger partial charge in [0.05, 0.1) is 12.9 Å². The molecule has 1 aromatic carbocycles. The predicted molar refractivity (Wildman–Crippen MR) is 69.1 cm³/mol. The molecule has 5 nitrogen and oxygen atoms in total. The molecule has 0 aliphatic carbocycles. The Labute approximate surface area is 111 Å². The largest absolute Gasteiger partial charge is 0.507 e. The third kappa shape index (κ3) is 3.57. The molecule has 19 heavy (non-hydrogen) atoms. The van der Waals surface area contributed by atoms with Gasteiger partial charge in [-0.2, -0.15) is 0 Å². The van der Waals surface area contributed by atoms with Gasteiger partial charge in [0.2, 0.25) is 6.29 Å². The third-order valence-corrected chi connectivity index (χ3v) is 2.73. The number of aliphatic hydroxyl groups is 2. The van der Waals surface area contributed by atoms with Crippen LogP contribution in [0.4, 0.5) is 0 Å². The predicted octanol–water partition coefficient (Wildman–Crippen LogP) is 1.01. The molecule has 1 aliphatic heterocycles. The van der Waals surface area contributed by atoms with Crippen LogP contribution in [0.1, 0.15) is 5.56 Å². The molecule has 1 aromatic rings. The highest BCUT2D eigenvalue weighted by Crippen LogP contribution is 2.18. The monoisotopic (exact) mass is 264 g/mol. The van der Waals surface area contributed by atoms with E-state index in [1.165, 1.54) is 12.3 Å². The summed E-state index contributed by atoms with van der Waals surface area (Å²) in [6, 6.07) is 6.85. The van der Waals surface area contributed by atoms with Gasteiger partial charge in [0.1, 0.15) is 18.0 Å². The summed E-state index contributed by atoms with van der Waals surface area (Å²) in [5, 5.41) is 28.0. The van der Waals surface area contributed by atoms with Gasteiger partial charge in [0, 0.05) is 5.56 Å². The number of hydrogen-bond acceptors (Lipinski definition) is 5. The molecule has 102 valence electrons. The van der Waals surface area contributed by atoms with Crippen molar-refractivity contribution < 1.29 is 24.8 Å². The zero-order valence-electron chi connectivity index (χ0n) is 10.2. The molecule has 0 radical (unpaired) electrons. The maximum absolute atomic E-state index is 9.54. The molecule has 0 spiro atoms. The molecule has 2 rings (SSSR count). The standard InChI is InChI=1S/C14H16O5/c15-9-13-12(17)5-6-14(19-13)18-8-7-10-3-1-2-4-11(10)16/h1-8,12-17H,9H2/b8-7+/t12-,13+,14-/m0/s1. The van der Waals surface area contributed by atoms with Crippen LogP contribution in [0.2, 0.25) is 0 Å². The molecule has 0 fully saturated rings. The van der Waals surface area contributed by atoms with Crippen LogP contribution in [0.3, 0.4) is 0 Å². The van der Waals surface area contributed by atoms with Gasteiger partial charge in [-0.15, -0.1) is 0 Å². The van der Waals surface area contributed by atoms with Gasteiger partial charge in [-0.05, 0) is 18.2 Å². The Morgan fingerprint density at radius 1 is 1.26 bits per heavy atom. The summed E-state index contributed by atoms with van der Waals surface area (Å²) in [7, 11) is 0. The van der Waals surface area contributed by atoms with Crippen molar-refractivity contribution in [2.75, 3.05) is 6.61 Å². The lowest BCUT2D eigenvalue weighted by Crippen LogP contribution is -2.38. The number of para-hydroxylation sites is 1. The topological polar surface area (TPSA) is 79.2 Å². The van der Waals surface area contributed by atoms with Crippen LogP contribution in [0.5, 0.6) is 5.75 Å². The molecule has 1 aliphatic rings. The van der Waals surface area contributed by atoms with E-state index >= 15 is 0 Å². The van der Waals surface area contributed by atoms with Crippen molar-refractivity contribution in [3.8, 4) is 5.75 Å². The molecular formula is C14H16O5. The van der Waals surface area contributed by atoms with E-state index in [9.17, 15) is 10.2 Å². The first-order valence-electron chi connectivity index (χ1n) is 5.93. The molecule has 5 heteroatoms. The average molecular weight is 264 g/mol. The van der Waals surface area contributed by atoms with E-state index in [1.54, 1.807) is 36.4 Å². The summed E-state index contributed by atoms with van der Waals surface area (Å²) in [6.07, 6.45) is 3.90. The highest BCUT2D eigenvalue weighted by Gasteiger charge is 2.25. The minimum Gasteiger partial charge on any atom is -0.507 e. The first kappa shape index (κ1) is 13.6. The quantitative estimate of drug-likeness (QED) is 0.559. The zero-order chi connectivity index (χ0) is 13.7. The summed E-state index contributed by atoms with van der Waals surface area (Å²) in [6.45, 7) is -0.283. The van der Waals surface area contributed by atoms with Gasteiger partial charge in [0.25, 0.3) is 0 Å². The number of ether oxygens (including phenoxy) is 2. The second kappa shape index (κ2) is 6.38. The van der Waals surface area contributed by atoms with Gasteiger partial charge in [0.15, 0.2) is 0 Å². The summed E-state index contributed by atoms with van der Waals surface area (Å²) in [5.74, 6) is 0.158. The molecule has 0 unspecified atom stereocenters. The van der Waals surface area contributed by atoms with Crippen LogP contribution >= 0.6 is 0 Å². The van der Waals surface area contributed by atoms with Crippen LogP contribution in [-0.4, -0.2) is 40.4 Å². The van der Waals surface area contributed by atoms with E-state index in [4.69, 9.17) is 14.6 Å². The highest BCUT2D eigenvalue weighted by molar-refractivity contribution is 5.55. The van der Waals surface area contributed by atoms with Crippen LogP contribution in [0.15, 0.2) is 42.7 Å². The van der Waals surface area contributed by atoms with E-state index < -0.39 is 18.5 Å². The maximum atomic E-state index is 9.54. The SMILES string of the molecule is OC[C@H]1O[C@H](O/C=C/c2ccccc2O)C=C[C@@H]1O. The first-order valence-corrected chi connectivity index (χ1v) is 5.93. The fraction of sp³-hybridized carbons (Fsp3) is 0.286. The highest BCUT2D eigenvalue weighted by atomic mass is 16.7. The van der Waals surface area contributed by atoms with Gasteiger partial charge < -0.3 is 24.8 Å². The van der Waals surface area contributed by atoms with Crippen LogP contribution in [-0.2, 0) is 9.47 Å². The summed E-state index contributed by atoms with van der Waals surface area (Å²) < 4.78 is 10.6. The van der Waals surface area contributed by atoms with E-state index in [-0.39, 0.29) is 12.4 Å². The van der Waals surface area contributed by atoms with E-state index in [1.807, 2.05) is 0 Å². The number of phenolic OH excluding ortho intramolecular Hbond substituents is 1. The lowest BCUT2D eigenvalue weighted by atomic mass is 10.1.